The fourth-order valence-corrected chi connectivity index (χ4v) is 2.98. The molecule has 0 aromatic carbocycles. The van der Waals surface area contributed by atoms with E-state index in [-0.39, 0.29) is 11.9 Å². The van der Waals surface area contributed by atoms with Gasteiger partial charge in [0, 0.05) is 19.6 Å². The van der Waals surface area contributed by atoms with Crippen LogP contribution in [0.2, 0.25) is 0 Å². The SMILES string of the molecule is CC(C)CC(C)(O)CNC(C)C(=O)N1CCCCCC1. The Morgan fingerprint density at radius 1 is 1.20 bits per heavy atom. The van der Waals surface area contributed by atoms with Gasteiger partial charge in [0.15, 0.2) is 0 Å². The Labute approximate surface area is 123 Å². The smallest absolute Gasteiger partial charge is 0.239 e. The van der Waals surface area contributed by atoms with E-state index in [9.17, 15) is 9.90 Å². The average molecular weight is 284 g/mol. The number of aliphatic hydroxyl groups is 1. The van der Waals surface area contributed by atoms with Gasteiger partial charge < -0.3 is 15.3 Å². The fourth-order valence-electron chi connectivity index (χ4n) is 2.98. The van der Waals surface area contributed by atoms with E-state index in [0.717, 1.165) is 32.4 Å². The van der Waals surface area contributed by atoms with E-state index in [1.54, 1.807) is 0 Å². The maximum atomic E-state index is 12.4. The van der Waals surface area contributed by atoms with Crippen LogP contribution < -0.4 is 5.32 Å². The number of nitrogens with one attached hydrogen (secondary N) is 1. The molecule has 20 heavy (non-hydrogen) atoms. The third-order valence-corrected chi connectivity index (χ3v) is 3.93. The molecule has 1 aliphatic rings. The number of carbonyl (C=O) groups excluding carboxylic acids is 1. The van der Waals surface area contributed by atoms with Crippen LogP contribution in [0.25, 0.3) is 0 Å². The predicted octanol–water partition coefficient (Wildman–Crippen LogP) is 2.16. The zero-order valence-electron chi connectivity index (χ0n) is 13.6. The molecule has 1 rings (SSSR count). The number of hydrogen-bond acceptors (Lipinski definition) is 3. The van der Waals surface area contributed by atoms with E-state index < -0.39 is 5.60 Å². The molecule has 0 radical (unpaired) electrons. The molecule has 4 nitrogen and oxygen atoms in total. The second kappa shape index (κ2) is 7.99. The highest BCUT2D eigenvalue weighted by atomic mass is 16.3. The van der Waals surface area contributed by atoms with Crippen molar-refractivity contribution in [2.75, 3.05) is 19.6 Å². The summed E-state index contributed by atoms with van der Waals surface area (Å²) in [7, 11) is 0. The van der Waals surface area contributed by atoms with E-state index in [1.807, 2.05) is 18.7 Å². The molecule has 0 aromatic rings. The van der Waals surface area contributed by atoms with Crippen molar-refractivity contribution in [1.82, 2.24) is 10.2 Å². The van der Waals surface area contributed by atoms with Gasteiger partial charge in [-0.3, -0.25) is 4.79 Å². The van der Waals surface area contributed by atoms with Crippen LogP contribution in [0.15, 0.2) is 0 Å². The summed E-state index contributed by atoms with van der Waals surface area (Å²) in [4.78, 5) is 14.3. The van der Waals surface area contributed by atoms with Gasteiger partial charge in [-0.05, 0) is 39.0 Å². The van der Waals surface area contributed by atoms with Gasteiger partial charge in [-0.25, -0.2) is 0 Å². The van der Waals surface area contributed by atoms with Crippen molar-refractivity contribution in [1.29, 1.82) is 0 Å². The van der Waals surface area contributed by atoms with E-state index in [4.69, 9.17) is 0 Å². The summed E-state index contributed by atoms with van der Waals surface area (Å²) < 4.78 is 0. The quantitative estimate of drug-likeness (QED) is 0.786. The molecule has 2 atom stereocenters. The first-order chi connectivity index (χ1) is 9.32. The van der Waals surface area contributed by atoms with Crippen LogP contribution in [0.4, 0.5) is 0 Å². The number of rotatable bonds is 6. The van der Waals surface area contributed by atoms with Crippen molar-refractivity contribution >= 4 is 5.91 Å². The summed E-state index contributed by atoms with van der Waals surface area (Å²) in [6.07, 6.45) is 5.43. The molecule has 1 heterocycles. The van der Waals surface area contributed by atoms with Crippen molar-refractivity contribution in [3.05, 3.63) is 0 Å². The summed E-state index contributed by atoms with van der Waals surface area (Å²) in [5.74, 6) is 0.621. The van der Waals surface area contributed by atoms with E-state index >= 15 is 0 Å². The Morgan fingerprint density at radius 3 is 2.25 bits per heavy atom. The van der Waals surface area contributed by atoms with Crippen molar-refractivity contribution in [2.45, 2.75) is 71.4 Å². The van der Waals surface area contributed by atoms with Crippen LogP contribution >= 0.6 is 0 Å². The minimum absolute atomic E-state index is 0.173. The minimum atomic E-state index is -0.749. The topological polar surface area (TPSA) is 52.6 Å². The Bertz CT molecular complexity index is 295. The first-order valence-corrected chi connectivity index (χ1v) is 8.06. The lowest BCUT2D eigenvalue weighted by molar-refractivity contribution is -0.133. The van der Waals surface area contributed by atoms with E-state index in [2.05, 4.69) is 19.2 Å². The summed E-state index contributed by atoms with van der Waals surface area (Å²) in [5.41, 5.74) is -0.749. The number of likely N-dealkylation sites (tertiary alicyclic amines) is 1. The predicted molar refractivity (Wildman–Crippen MR) is 82.6 cm³/mol. The van der Waals surface area contributed by atoms with Gasteiger partial charge in [-0.15, -0.1) is 0 Å². The third kappa shape index (κ3) is 6.23. The Balaban J connectivity index is 2.40. The molecule has 1 aliphatic heterocycles. The molecule has 1 amide bonds. The van der Waals surface area contributed by atoms with Crippen LogP contribution in [0, 0.1) is 5.92 Å². The highest BCUT2D eigenvalue weighted by Gasteiger charge is 2.26. The molecule has 0 saturated carbocycles. The molecule has 0 aliphatic carbocycles. The molecule has 118 valence electrons. The molecule has 1 fully saturated rings. The minimum Gasteiger partial charge on any atom is -0.389 e. The van der Waals surface area contributed by atoms with E-state index in [0.29, 0.717) is 12.5 Å². The molecule has 4 heteroatoms. The highest BCUT2D eigenvalue weighted by Crippen LogP contribution is 2.16. The summed E-state index contributed by atoms with van der Waals surface area (Å²) in [5, 5.41) is 13.5. The zero-order chi connectivity index (χ0) is 15.2. The lowest BCUT2D eigenvalue weighted by Crippen LogP contribution is -2.49. The van der Waals surface area contributed by atoms with Crippen molar-refractivity contribution in [3.8, 4) is 0 Å². The monoisotopic (exact) mass is 284 g/mol. The lowest BCUT2D eigenvalue weighted by atomic mass is 9.94. The van der Waals surface area contributed by atoms with Crippen LogP contribution in [-0.4, -0.2) is 47.2 Å². The van der Waals surface area contributed by atoms with Crippen molar-refractivity contribution in [3.63, 3.8) is 0 Å². The van der Waals surface area contributed by atoms with Crippen LogP contribution in [0.1, 0.15) is 59.8 Å². The lowest BCUT2D eigenvalue weighted by Gasteiger charge is -2.29. The van der Waals surface area contributed by atoms with Gasteiger partial charge in [0.05, 0.1) is 11.6 Å². The average Bonchev–Trinajstić information content (AvgIpc) is 2.62. The molecular formula is C16H32N2O2. The number of carbonyl (C=O) groups is 1. The van der Waals surface area contributed by atoms with Gasteiger partial charge in [-0.1, -0.05) is 26.7 Å². The Morgan fingerprint density at radius 2 is 1.75 bits per heavy atom. The summed E-state index contributed by atoms with van der Waals surface area (Å²) in [6.45, 7) is 10.2. The Hall–Kier alpha value is -0.610. The van der Waals surface area contributed by atoms with E-state index in [1.165, 1.54) is 12.8 Å². The molecule has 0 bridgehead atoms. The molecule has 2 N–H and O–H groups in total. The fraction of sp³-hybridized carbons (Fsp3) is 0.938. The summed E-state index contributed by atoms with van der Waals surface area (Å²) >= 11 is 0. The largest absolute Gasteiger partial charge is 0.389 e. The van der Waals surface area contributed by atoms with Gasteiger partial charge in [0.1, 0.15) is 0 Å². The maximum Gasteiger partial charge on any atom is 0.239 e. The number of nitrogens with zero attached hydrogens (tertiary/aromatic N) is 1. The third-order valence-electron chi connectivity index (χ3n) is 3.93. The zero-order valence-corrected chi connectivity index (χ0v) is 13.6. The molecule has 2 unspecified atom stereocenters. The molecule has 0 spiro atoms. The van der Waals surface area contributed by atoms with Gasteiger partial charge >= 0.3 is 0 Å². The van der Waals surface area contributed by atoms with Crippen LogP contribution in [0.5, 0.6) is 0 Å². The summed E-state index contributed by atoms with van der Waals surface area (Å²) in [6, 6.07) is -0.216. The number of hydrogen-bond donors (Lipinski definition) is 2. The first-order valence-electron chi connectivity index (χ1n) is 8.06. The van der Waals surface area contributed by atoms with Gasteiger partial charge in [0.2, 0.25) is 5.91 Å². The Kier molecular flexibility index (Phi) is 6.96. The first kappa shape index (κ1) is 17.4. The second-order valence-corrected chi connectivity index (χ2v) is 6.94. The highest BCUT2D eigenvalue weighted by molar-refractivity contribution is 5.81. The maximum absolute atomic E-state index is 12.4. The molecule has 1 saturated heterocycles. The second-order valence-electron chi connectivity index (χ2n) is 6.94. The molecule has 0 aromatic heterocycles. The number of amides is 1. The van der Waals surface area contributed by atoms with Crippen molar-refractivity contribution < 1.29 is 9.90 Å². The van der Waals surface area contributed by atoms with Crippen molar-refractivity contribution in [2.24, 2.45) is 5.92 Å². The normalized spacial score (nSPS) is 21.4. The van der Waals surface area contributed by atoms with Gasteiger partial charge in [-0.2, -0.15) is 0 Å². The molecular weight excluding hydrogens is 252 g/mol. The standard InChI is InChI=1S/C16H32N2O2/c1-13(2)11-16(4,20)12-17-14(3)15(19)18-9-7-5-6-8-10-18/h13-14,17,20H,5-12H2,1-4H3. The van der Waals surface area contributed by atoms with Crippen LogP contribution in [0.3, 0.4) is 0 Å². The van der Waals surface area contributed by atoms with Gasteiger partial charge in [0.25, 0.3) is 0 Å². The van der Waals surface area contributed by atoms with Crippen LogP contribution in [-0.2, 0) is 4.79 Å².